The van der Waals surface area contributed by atoms with Gasteiger partial charge < -0.3 is 9.73 Å². The average Bonchev–Trinajstić information content (AvgIpc) is 3.20. The number of hydrogen-bond donors (Lipinski definition) is 1. The molecule has 1 atom stereocenters. The maximum Gasteiger partial charge on any atom is 0.277 e. The highest BCUT2D eigenvalue weighted by Crippen LogP contribution is 2.26. The van der Waals surface area contributed by atoms with E-state index < -0.39 is 0 Å². The molecule has 3 rings (SSSR count). The van der Waals surface area contributed by atoms with Crippen LogP contribution in [0.1, 0.15) is 6.92 Å². The van der Waals surface area contributed by atoms with Crippen molar-refractivity contribution in [3.05, 3.63) is 41.9 Å². The van der Waals surface area contributed by atoms with E-state index in [0.717, 1.165) is 5.56 Å². The fourth-order valence-electron chi connectivity index (χ4n) is 1.65. The number of thiazole rings is 1. The molecule has 3 aromatic rings. The van der Waals surface area contributed by atoms with Crippen molar-refractivity contribution < 1.29 is 9.21 Å². The summed E-state index contributed by atoms with van der Waals surface area (Å²) in [6.07, 6.45) is 1.64. The van der Waals surface area contributed by atoms with Crippen LogP contribution in [0.5, 0.6) is 0 Å². The summed E-state index contributed by atoms with van der Waals surface area (Å²) in [4.78, 5) is 16.1. The zero-order valence-corrected chi connectivity index (χ0v) is 13.2. The van der Waals surface area contributed by atoms with Gasteiger partial charge in [-0.05, 0) is 19.1 Å². The highest BCUT2D eigenvalue weighted by atomic mass is 32.2. The third-order valence-corrected chi connectivity index (χ3v) is 4.36. The van der Waals surface area contributed by atoms with Crippen LogP contribution in [0, 0.1) is 0 Å². The van der Waals surface area contributed by atoms with Crippen molar-refractivity contribution in [2.24, 2.45) is 0 Å². The second-order valence-corrected chi connectivity index (χ2v) is 6.51. The summed E-state index contributed by atoms with van der Waals surface area (Å²) < 4.78 is 5.57. The maximum atomic E-state index is 12.0. The molecule has 0 aliphatic heterocycles. The lowest BCUT2D eigenvalue weighted by molar-refractivity contribution is -0.115. The Morgan fingerprint density at radius 1 is 1.32 bits per heavy atom. The van der Waals surface area contributed by atoms with Gasteiger partial charge in [-0.3, -0.25) is 4.79 Å². The topological polar surface area (TPSA) is 80.9 Å². The number of nitrogens with zero attached hydrogens (tertiary/aromatic N) is 3. The summed E-state index contributed by atoms with van der Waals surface area (Å²) in [7, 11) is 0. The molecule has 0 saturated heterocycles. The smallest absolute Gasteiger partial charge is 0.277 e. The number of carbonyl (C=O) groups is 1. The zero-order chi connectivity index (χ0) is 15.4. The van der Waals surface area contributed by atoms with Crippen molar-refractivity contribution in [2.75, 3.05) is 5.32 Å². The van der Waals surface area contributed by atoms with E-state index in [0.29, 0.717) is 16.2 Å². The number of carbonyl (C=O) groups excluding carboxylic acids is 1. The van der Waals surface area contributed by atoms with Crippen LogP contribution in [0.3, 0.4) is 0 Å². The van der Waals surface area contributed by atoms with Gasteiger partial charge in [-0.1, -0.05) is 30.0 Å². The SMILES string of the molecule is CC(Sc1nnc(-c2ccccc2)o1)C(=O)Nc1nccs1. The predicted molar refractivity (Wildman–Crippen MR) is 85.8 cm³/mol. The summed E-state index contributed by atoms with van der Waals surface area (Å²) in [5, 5.41) is 13.1. The molecule has 6 nitrogen and oxygen atoms in total. The van der Waals surface area contributed by atoms with E-state index in [4.69, 9.17) is 4.42 Å². The molecule has 0 radical (unpaired) electrons. The van der Waals surface area contributed by atoms with E-state index in [1.165, 1.54) is 23.1 Å². The Kier molecular flexibility index (Phi) is 4.50. The molecule has 1 aromatic carbocycles. The van der Waals surface area contributed by atoms with Crippen molar-refractivity contribution >= 4 is 34.1 Å². The van der Waals surface area contributed by atoms with E-state index >= 15 is 0 Å². The number of benzene rings is 1. The quantitative estimate of drug-likeness (QED) is 0.722. The highest BCUT2D eigenvalue weighted by Gasteiger charge is 2.19. The largest absolute Gasteiger partial charge is 0.411 e. The van der Waals surface area contributed by atoms with Crippen LogP contribution in [0.15, 0.2) is 51.5 Å². The molecule has 1 unspecified atom stereocenters. The van der Waals surface area contributed by atoms with Gasteiger partial charge in [-0.15, -0.1) is 21.5 Å². The lowest BCUT2D eigenvalue weighted by atomic mass is 10.2. The minimum atomic E-state index is -0.368. The Balaban J connectivity index is 1.63. The van der Waals surface area contributed by atoms with Crippen LogP contribution in [-0.2, 0) is 4.79 Å². The number of anilines is 1. The molecule has 0 bridgehead atoms. The number of thioether (sulfide) groups is 1. The Labute approximate surface area is 135 Å². The van der Waals surface area contributed by atoms with Gasteiger partial charge in [0.05, 0.1) is 5.25 Å². The Bertz CT molecular complexity index is 743. The van der Waals surface area contributed by atoms with Crippen LogP contribution < -0.4 is 5.32 Å². The van der Waals surface area contributed by atoms with Crippen LogP contribution in [-0.4, -0.2) is 26.3 Å². The van der Waals surface area contributed by atoms with E-state index in [1.807, 2.05) is 30.3 Å². The standard InChI is InChI=1S/C14H12N4O2S2/c1-9(11(19)16-13-15-7-8-21-13)22-14-18-17-12(20-14)10-5-3-2-4-6-10/h2-9H,1H3,(H,15,16,19). The van der Waals surface area contributed by atoms with Gasteiger partial charge in [0, 0.05) is 17.1 Å². The minimum absolute atomic E-state index is 0.153. The minimum Gasteiger partial charge on any atom is -0.411 e. The molecule has 1 N–H and O–H groups in total. The molecule has 112 valence electrons. The molecule has 22 heavy (non-hydrogen) atoms. The summed E-state index contributed by atoms with van der Waals surface area (Å²) in [6.45, 7) is 1.78. The van der Waals surface area contributed by atoms with E-state index in [-0.39, 0.29) is 11.2 Å². The van der Waals surface area contributed by atoms with Crippen molar-refractivity contribution in [1.82, 2.24) is 15.2 Å². The van der Waals surface area contributed by atoms with Crippen molar-refractivity contribution in [2.45, 2.75) is 17.4 Å². The molecule has 2 aromatic heterocycles. The predicted octanol–water partition coefficient (Wildman–Crippen LogP) is 3.31. The summed E-state index contributed by atoms with van der Waals surface area (Å²) in [5.74, 6) is 0.287. The normalized spacial score (nSPS) is 12.0. The van der Waals surface area contributed by atoms with Crippen molar-refractivity contribution in [1.29, 1.82) is 0 Å². The molecule has 1 amide bonds. The van der Waals surface area contributed by atoms with Crippen molar-refractivity contribution in [3.8, 4) is 11.5 Å². The summed E-state index contributed by atoms with van der Waals surface area (Å²) in [6, 6.07) is 9.49. The lowest BCUT2D eigenvalue weighted by Gasteiger charge is -2.07. The van der Waals surface area contributed by atoms with Gasteiger partial charge in [0.2, 0.25) is 11.8 Å². The van der Waals surface area contributed by atoms with Crippen LogP contribution >= 0.6 is 23.1 Å². The summed E-state index contributed by atoms with van der Waals surface area (Å²) >= 11 is 2.59. The van der Waals surface area contributed by atoms with Gasteiger partial charge >= 0.3 is 0 Å². The molecule has 0 fully saturated rings. The fraction of sp³-hybridized carbons (Fsp3) is 0.143. The van der Waals surface area contributed by atoms with Gasteiger partial charge in [0.15, 0.2) is 5.13 Å². The third kappa shape index (κ3) is 3.52. The van der Waals surface area contributed by atoms with E-state index in [2.05, 4.69) is 20.5 Å². The monoisotopic (exact) mass is 332 g/mol. The molecule has 8 heteroatoms. The number of amides is 1. The van der Waals surface area contributed by atoms with Crippen LogP contribution in [0.4, 0.5) is 5.13 Å². The van der Waals surface area contributed by atoms with Crippen LogP contribution in [0.25, 0.3) is 11.5 Å². The molecule has 0 aliphatic carbocycles. The molecule has 0 saturated carbocycles. The van der Waals surface area contributed by atoms with Gasteiger partial charge in [0.25, 0.3) is 5.22 Å². The number of nitrogens with one attached hydrogen (secondary N) is 1. The van der Waals surface area contributed by atoms with E-state index in [9.17, 15) is 4.79 Å². The van der Waals surface area contributed by atoms with E-state index in [1.54, 1.807) is 18.5 Å². The molecule has 2 heterocycles. The Morgan fingerprint density at radius 2 is 2.14 bits per heavy atom. The first kappa shape index (κ1) is 14.7. The van der Waals surface area contributed by atoms with Crippen LogP contribution in [0.2, 0.25) is 0 Å². The Hall–Kier alpha value is -2.19. The zero-order valence-electron chi connectivity index (χ0n) is 11.6. The Morgan fingerprint density at radius 3 is 2.86 bits per heavy atom. The molecular formula is C14H12N4O2S2. The first-order valence-corrected chi connectivity index (χ1v) is 8.24. The number of aromatic nitrogens is 3. The van der Waals surface area contributed by atoms with Crippen molar-refractivity contribution in [3.63, 3.8) is 0 Å². The second kappa shape index (κ2) is 6.71. The first-order valence-electron chi connectivity index (χ1n) is 6.48. The fourth-order valence-corrected chi connectivity index (χ4v) is 2.87. The molecule has 0 spiro atoms. The van der Waals surface area contributed by atoms with Gasteiger partial charge in [-0.2, -0.15) is 0 Å². The van der Waals surface area contributed by atoms with Gasteiger partial charge in [-0.25, -0.2) is 4.98 Å². The lowest BCUT2D eigenvalue weighted by Crippen LogP contribution is -2.22. The molecule has 0 aliphatic rings. The molecular weight excluding hydrogens is 320 g/mol. The third-order valence-electron chi connectivity index (χ3n) is 2.74. The average molecular weight is 332 g/mol. The van der Waals surface area contributed by atoms with Gasteiger partial charge in [0.1, 0.15) is 0 Å². The highest BCUT2D eigenvalue weighted by molar-refractivity contribution is 8.00. The second-order valence-electron chi connectivity index (χ2n) is 4.33. The first-order chi connectivity index (χ1) is 10.7. The number of hydrogen-bond acceptors (Lipinski definition) is 7. The summed E-state index contributed by atoms with van der Waals surface area (Å²) in [5.41, 5.74) is 0.849. The maximum absolute atomic E-state index is 12.0. The number of rotatable bonds is 5.